The van der Waals surface area contributed by atoms with Gasteiger partial charge in [0, 0.05) is 12.6 Å². The minimum atomic E-state index is -1.19. The molecule has 0 saturated heterocycles. The Morgan fingerprint density at radius 1 is 1.40 bits per heavy atom. The first-order chi connectivity index (χ1) is 9.41. The summed E-state index contributed by atoms with van der Waals surface area (Å²) in [6.07, 6.45) is 1.52. The predicted octanol–water partition coefficient (Wildman–Crippen LogP) is 2.29. The Hall–Kier alpha value is -1.98. The molecular formula is C14H15F2NO3. The first-order valence-electron chi connectivity index (χ1n) is 6.39. The highest BCUT2D eigenvalue weighted by Gasteiger charge is 2.36. The molecule has 1 aromatic rings. The van der Waals surface area contributed by atoms with Gasteiger partial charge in [-0.2, -0.15) is 0 Å². The average Bonchev–Trinajstić information content (AvgIpc) is 3.22. The van der Waals surface area contributed by atoms with E-state index >= 15 is 0 Å². The van der Waals surface area contributed by atoms with E-state index in [4.69, 9.17) is 5.11 Å². The van der Waals surface area contributed by atoms with Crippen molar-refractivity contribution < 1.29 is 23.5 Å². The van der Waals surface area contributed by atoms with Crippen LogP contribution in [0.2, 0.25) is 0 Å². The number of amides is 1. The maximum atomic E-state index is 13.7. The molecule has 0 aliphatic heterocycles. The lowest BCUT2D eigenvalue weighted by Gasteiger charge is -2.24. The third-order valence-electron chi connectivity index (χ3n) is 3.32. The quantitative estimate of drug-likeness (QED) is 0.902. The van der Waals surface area contributed by atoms with Gasteiger partial charge < -0.3 is 10.0 Å². The molecule has 1 aliphatic rings. The number of nitrogens with zero attached hydrogens (tertiary/aromatic N) is 1. The molecule has 1 unspecified atom stereocenters. The van der Waals surface area contributed by atoms with Crippen LogP contribution in [-0.2, 0) is 4.79 Å². The number of halogens is 2. The predicted molar refractivity (Wildman–Crippen MR) is 67.2 cm³/mol. The van der Waals surface area contributed by atoms with Crippen LogP contribution in [-0.4, -0.2) is 34.5 Å². The van der Waals surface area contributed by atoms with Crippen molar-refractivity contribution in [1.82, 2.24) is 4.90 Å². The fourth-order valence-electron chi connectivity index (χ4n) is 1.98. The number of carbonyl (C=O) groups is 2. The zero-order valence-corrected chi connectivity index (χ0v) is 11.0. The maximum Gasteiger partial charge on any atom is 0.308 e. The summed E-state index contributed by atoms with van der Waals surface area (Å²) in [7, 11) is 0. The number of hydrogen-bond donors (Lipinski definition) is 1. The highest BCUT2D eigenvalue weighted by Crippen LogP contribution is 2.29. The van der Waals surface area contributed by atoms with E-state index in [0.717, 1.165) is 18.9 Å². The fourth-order valence-corrected chi connectivity index (χ4v) is 1.98. The number of rotatable bonds is 5. The molecule has 0 heterocycles. The summed E-state index contributed by atoms with van der Waals surface area (Å²) < 4.78 is 26.8. The molecule has 1 amide bonds. The van der Waals surface area contributed by atoms with Crippen molar-refractivity contribution in [2.45, 2.75) is 25.8 Å². The van der Waals surface area contributed by atoms with Crippen LogP contribution in [0.1, 0.15) is 30.1 Å². The van der Waals surface area contributed by atoms with Gasteiger partial charge in [0.2, 0.25) is 0 Å². The standard InChI is InChI=1S/C14H15F2NO3/c1-8(14(19)20)7-17(9-5-6-9)13(18)10-3-2-4-11(15)12(10)16/h2-4,8-9H,5-7H2,1H3,(H,19,20). The second kappa shape index (κ2) is 5.56. The molecule has 0 bridgehead atoms. The van der Waals surface area contributed by atoms with Gasteiger partial charge in [0.1, 0.15) is 0 Å². The Bertz CT molecular complexity index is 543. The lowest BCUT2D eigenvalue weighted by Crippen LogP contribution is -2.39. The lowest BCUT2D eigenvalue weighted by atomic mass is 10.1. The highest BCUT2D eigenvalue weighted by molar-refractivity contribution is 5.95. The van der Waals surface area contributed by atoms with E-state index in [1.165, 1.54) is 24.0 Å². The van der Waals surface area contributed by atoms with E-state index in [1.807, 2.05) is 0 Å². The maximum absolute atomic E-state index is 13.7. The van der Waals surface area contributed by atoms with Gasteiger partial charge in [0.25, 0.3) is 5.91 Å². The van der Waals surface area contributed by atoms with Gasteiger partial charge in [-0.1, -0.05) is 13.0 Å². The first kappa shape index (κ1) is 14.4. The monoisotopic (exact) mass is 283 g/mol. The minimum Gasteiger partial charge on any atom is -0.481 e. The number of carboxylic acid groups (broad SMARTS) is 1. The van der Waals surface area contributed by atoms with Crippen LogP contribution in [0.25, 0.3) is 0 Å². The molecule has 1 atom stereocenters. The molecule has 4 nitrogen and oxygen atoms in total. The molecular weight excluding hydrogens is 268 g/mol. The minimum absolute atomic E-state index is 0.00517. The van der Waals surface area contributed by atoms with Crippen molar-refractivity contribution in [2.24, 2.45) is 5.92 Å². The van der Waals surface area contributed by atoms with E-state index in [2.05, 4.69) is 0 Å². The van der Waals surface area contributed by atoms with Crippen LogP contribution in [0.4, 0.5) is 8.78 Å². The van der Waals surface area contributed by atoms with Gasteiger partial charge in [-0.05, 0) is 25.0 Å². The largest absolute Gasteiger partial charge is 0.481 e. The number of carbonyl (C=O) groups excluding carboxylic acids is 1. The van der Waals surface area contributed by atoms with Gasteiger partial charge >= 0.3 is 5.97 Å². The van der Waals surface area contributed by atoms with Crippen LogP contribution in [0.15, 0.2) is 18.2 Å². The van der Waals surface area contributed by atoms with Gasteiger partial charge in [-0.3, -0.25) is 9.59 Å². The topological polar surface area (TPSA) is 57.6 Å². The Kier molecular flexibility index (Phi) is 4.01. The SMILES string of the molecule is CC(CN(C(=O)c1cccc(F)c1F)C1CC1)C(=O)O. The van der Waals surface area contributed by atoms with Gasteiger partial charge in [-0.25, -0.2) is 8.78 Å². The fraction of sp³-hybridized carbons (Fsp3) is 0.429. The molecule has 108 valence electrons. The third kappa shape index (κ3) is 2.95. The molecule has 20 heavy (non-hydrogen) atoms. The molecule has 1 fully saturated rings. The molecule has 0 radical (unpaired) electrons. The second-order valence-electron chi connectivity index (χ2n) is 5.03. The molecule has 6 heteroatoms. The summed E-state index contributed by atoms with van der Waals surface area (Å²) in [5, 5.41) is 8.91. The van der Waals surface area contributed by atoms with Crippen molar-refractivity contribution >= 4 is 11.9 Å². The van der Waals surface area contributed by atoms with Crippen LogP contribution < -0.4 is 0 Å². The molecule has 1 N–H and O–H groups in total. The zero-order valence-electron chi connectivity index (χ0n) is 11.0. The van der Waals surface area contributed by atoms with Gasteiger partial charge in [0.15, 0.2) is 11.6 Å². The van der Waals surface area contributed by atoms with Crippen LogP contribution in [0.5, 0.6) is 0 Å². The van der Waals surface area contributed by atoms with E-state index < -0.39 is 29.4 Å². The molecule has 0 spiro atoms. The zero-order chi connectivity index (χ0) is 14.9. The van der Waals surface area contributed by atoms with E-state index in [1.54, 1.807) is 0 Å². The Balaban J connectivity index is 2.23. The summed E-state index contributed by atoms with van der Waals surface area (Å²) in [5.41, 5.74) is -0.352. The van der Waals surface area contributed by atoms with Crippen LogP contribution >= 0.6 is 0 Å². The summed E-state index contributed by atoms with van der Waals surface area (Å²) in [6, 6.07) is 3.33. The summed E-state index contributed by atoms with van der Waals surface area (Å²) in [4.78, 5) is 24.5. The number of hydrogen-bond acceptors (Lipinski definition) is 2. The van der Waals surface area contributed by atoms with Crippen molar-refractivity contribution in [2.75, 3.05) is 6.54 Å². The Morgan fingerprint density at radius 2 is 2.05 bits per heavy atom. The van der Waals surface area contributed by atoms with Crippen LogP contribution in [0.3, 0.4) is 0 Å². The third-order valence-corrected chi connectivity index (χ3v) is 3.32. The van der Waals surface area contributed by atoms with Gasteiger partial charge in [-0.15, -0.1) is 0 Å². The van der Waals surface area contributed by atoms with Crippen molar-refractivity contribution in [1.29, 1.82) is 0 Å². The number of benzene rings is 1. The molecule has 1 saturated carbocycles. The molecule has 2 rings (SSSR count). The van der Waals surface area contributed by atoms with Crippen LogP contribution in [0, 0.1) is 17.6 Å². The summed E-state index contributed by atoms with van der Waals surface area (Å²) >= 11 is 0. The number of aliphatic carboxylic acids is 1. The number of carboxylic acids is 1. The summed E-state index contributed by atoms with van der Waals surface area (Å²) in [6.45, 7) is 1.47. The first-order valence-corrected chi connectivity index (χ1v) is 6.39. The van der Waals surface area contributed by atoms with Crippen molar-refractivity contribution in [3.63, 3.8) is 0 Å². The lowest BCUT2D eigenvalue weighted by molar-refractivity contribution is -0.141. The summed E-state index contributed by atoms with van der Waals surface area (Å²) in [5.74, 6) is -4.71. The van der Waals surface area contributed by atoms with Crippen molar-refractivity contribution in [3.05, 3.63) is 35.4 Å². The van der Waals surface area contributed by atoms with Crippen molar-refractivity contribution in [3.8, 4) is 0 Å². The van der Waals surface area contributed by atoms with Gasteiger partial charge in [0.05, 0.1) is 11.5 Å². The normalized spacial score (nSPS) is 15.8. The van der Waals surface area contributed by atoms with E-state index in [-0.39, 0.29) is 18.2 Å². The van der Waals surface area contributed by atoms with E-state index in [9.17, 15) is 18.4 Å². The Morgan fingerprint density at radius 3 is 2.60 bits per heavy atom. The highest BCUT2D eigenvalue weighted by atomic mass is 19.2. The molecule has 1 aromatic carbocycles. The Labute approximate surface area is 115 Å². The molecule has 0 aromatic heterocycles. The average molecular weight is 283 g/mol. The molecule has 1 aliphatic carbocycles. The smallest absolute Gasteiger partial charge is 0.308 e. The van der Waals surface area contributed by atoms with E-state index in [0.29, 0.717) is 0 Å². The second-order valence-corrected chi connectivity index (χ2v) is 5.03.